The molecule has 0 saturated heterocycles. The molecule has 0 atom stereocenters. The number of pyridine rings is 2. The number of hydrogen-bond acceptors (Lipinski definition) is 4. The fourth-order valence-electron chi connectivity index (χ4n) is 2.94. The van der Waals surface area contributed by atoms with Crippen molar-refractivity contribution in [2.24, 2.45) is 0 Å². The molecular weight excluding hydrogens is 368 g/mol. The Bertz CT molecular complexity index is 999. The summed E-state index contributed by atoms with van der Waals surface area (Å²) >= 11 is 0. The first-order valence-electron chi connectivity index (χ1n) is 9.65. The van der Waals surface area contributed by atoms with E-state index in [9.17, 15) is 0 Å². The van der Waals surface area contributed by atoms with Crippen LogP contribution in [-0.4, -0.2) is 19.9 Å². The molecule has 0 aliphatic heterocycles. The summed E-state index contributed by atoms with van der Waals surface area (Å²) in [6.45, 7) is 0. The van der Waals surface area contributed by atoms with Crippen LogP contribution in [0.5, 0.6) is 0 Å². The molecule has 3 aromatic heterocycles. The lowest BCUT2D eigenvalue weighted by Crippen LogP contribution is -1.78. The first-order chi connectivity index (χ1) is 14.9. The second-order valence-electron chi connectivity index (χ2n) is 6.44. The first kappa shape index (κ1) is 19.2. The quantitative estimate of drug-likeness (QED) is 0.315. The third-order valence-electron chi connectivity index (χ3n) is 4.40. The number of fused-ring (bicyclic) bond motifs is 3. The highest BCUT2D eigenvalue weighted by molar-refractivity contribution is 5.78. The summed E-state index contributed by atoms with van der Waals surface area (Å²) in [5.74, 6) is 0. The Balaban J connectivity index is 0.000000109. The Labute approximate surface area is 174 Å². The minimum atomic E-state index is 0.949. The molecule has 6 aromatic rings. The van der Waals surface area contributed by atoms with Crippen LogP contribution in [0.3, 0.4) is 0 Å². The summed E-state index contributed by atoms with van der Waals surface area (Å²) in [5, 5.41) is 2.40. The molecule has 0 aliphatic carbocycles. The average Bonchev–Trinajstić information content (AvgIpc) is 2.85. The highest BCUT2D eigenvalue weighted by atomic mass is 14.8. The van der Waals surface area contributed by atoms with E-state index >= 15 is 0 Å². The van der Waals surface area contributed by atoms with Gasteiger partial charge in [-0.3, -0.25) is 19.9 Å². The van der Waals surface area contributed by atoms with E-state index in [0.717, 1.165) is 22.1 Å². The van der Waals surface area contributed by atoms with Crippen LogP contribution in [0.15, 0.2) is 122 Å². The molecule has 0 bridgehead atoms. The van der Waals surface area contributed by atoms with Crippen molar-refractivity contribution in [2.45, 2.75) is 0 Å². The molecule has 144 valence electrons. The largest absolute Gasteiger partial charge is 0.256 e. The molecule has 0 saturated carbocycles. The van der Waals surface area contributed by atoms with Crippen LogP contribution in [-0.2, 0) is 0 Å². The van der Waals surface area contributed by atoms with Crippen LogP contribution >= 0.6 is 0 Å². The summed E-state index contributed by atoms with van der Waals surface area (Å²) < 4.78 is 0. The number of para-hydroxylation sites is 4. The predicted molar refractivity (Wildman–Crippen MR) is 123 cm³/mol. The molecule has 0 radical (unpaired) electrons. The summed E-state index contributed by atoms with van der Waals surface area (Å²) in [5.41, 5.74) is 4.02. The van der Waals surface area contributed by atoms with Gasteiger partial charge in [0, 0.05) is 35.6 Å². The van der Waals surface area contributed by atoms with E-state index in [1.807, 2.05) is 85.2 Å². The molecule has 0 amide bonds. The zero-order valence-corrected chi connectivity index (χ0v) is 16.3. The van der Waals surface area contributed by atoms with E-state index in [1.165, 1.54) is 10.8 Å². The molecule has 30 heavy (non-hydrogen) atoms. The smallest absolute Gasteiger partial charge is 0.0886 e. The molecular formula is C26H20N4. The molecule has 0 N–H and O–H groups in total. The van der Waals surface area contributed by atoms with Gasteiger partial charge < -0.3 is 0 Å². The van der Waals surface area contributed by atoms with Crippen molar-refractivity contribution in [3.8, 4) is 0 Å². The van der Waals surface area contributed by atoms with Gasteiger partial charge in [0.2, 0.25) is 0 Å². The summed E-state index contributed by atoms with van der Waals surface area (Å²) in [6, 6.07) is 32.0. The van der Waals surface area contributed by atoms with Gasteiger partial charge in [-0.25, -0.2) is 0 Å². The zero-order chi connectivity index (χ0) is 20.4. The monoisotopic (exact) mass is 388 g/mol. The van der Waals surface area contributed by atoms with Crippen molar-refractivity contribution in [1.82, 2.24) is 19.9 Å². The van der Waals surface area contributed by atoms with E-state index in [-0.39, 0.29) is 0 Å². The van der Waals surface area contributed by atoms with Crippen LogP contribution in [0.1, 0.15) is 0 Å². The second kappa shape index (κ2) is 9.85. The number of nitrogens with zero attached hydrogens (tertiary/aromatic N) is 4. The SMILES string of the molecule is c1ccc2ncccc2c1.c1ccc2ncccc2c1.c1ccc2nccnc2c1. The summed E-state index contributed by atoms with van der Waals surface area (Å²) in [6.07, 6.45) is 7.01. The first-order valence-corrected chi connectivity index (χ1v) is 9.65. The van der Waals surface area contributed by atoms with Gasteiger partial charge in [-0.15, -0.1) is 0 Å². The average molecular weight is 388 g/mol. The van der Waals surface area contributed by atoms with Gasteiger partial charge in [0.15, 0.2) is 0 Å². The topological polar surface area (TPSA) is 51.6 Å². The molecule has 3 heterocycles. The molecule has 4 heteroatoms. The lowest BCUT2D eigenvalue weighted by molar-refractivity contribution is 1.29. The van der Waals surface area contributed by atoms with Crippen molar-refractivity contribution in [3.05, 3.63) is 122 Å². The maximum Gasteiger partial charge on any atom is 0.0886 e. The van der Waals surface area contributed by atoms with E-state index < -0.39 is 0 Å². The van der Waals surface area contributed by atoms with Crippen molar-refractivity contribution in [3.63, 3.8) is 0 Å². The van der Waals surface area contributed by atoms with Crippen molar-refractivity contribution in [1.29, 1.82) is 0 Å². The summed E-state index contributed by atoms with van der Waals surface area (Å²) in [4.78, 5) is 16.6. The zero-order valence-electron chi connectivity index (χ0n) is 16.3. The second-order valence-corrected chi connectivity index (χ2v) is 6.44. The van der Waals surface area contributed by atoms with Gasteiger partial charge in [0.1, 0.15) is 0 Å². The molecule has 0 unspecified atom stereocenters. The minimum absolute atomic E-state index is 0.949. The number of rotatable bonds is 0. The Hall–Kier alpha value is -4.18. The van der Waals surface area contributed by atoms with Gasteiger partial charge in [-0.05, 0) is 36.4 Å². The van der Waals surface area contributed by atoms with Crippen LogP contribution < -0.4 is 0 Å². The molecule has 3 aromatic carbocycles. The fraction of sp³-hybridized carbons (Fsp3) is 0. The molecule has 0 spiro atoms. The standard InChI is InChI=1S/2C9H7N.C8H6N2/c2*1-2-6-9-8(4-1)5-3-7-10-9;1-2-4-8-7(3-1)9-5-6-10-8/h2*1-7H;1-6H. The van der Waals surface area contributed by atoms with E-state index in [0.29, 0.717) is 0 Å². The number of hydrogen-bond donors (Lipinski definition) is 0. The van der Waals surface area contributed by atoms with Gasteiger partial charge >= 0.3 is 0 Å². The van der Waals surface area contributed by atoms with Crippen molar-refractivity contribution >= 4 is 32.8 Å². The molecule has 6 rings (SSSR count). The third-order valence-corrected chi connectivity index (χ3v) is 4.40. The molecule has 0 aliphatic rings. The van der Waals surface area contributed by atoms with Crippen LogP contribution in [0, 0.1) is 0 Å². The normalized spacial score (nSPS) is 10.0. The van der Waals surface area contributed by atoms with E-state index in [1.54, 1.807) is 12.4 Å². The van der Waals surface area contributed by atoms with Crippen molar-refractivity contribution in [2.75, 3.05) is 0 Å². The van der Waals surface area contributed by atoms with Crippen LogP contribution in [0.25, 0.3) is 32.8 Å². The Morgan fingerprint density at radius 3 is 1.07 bits per heavy atom. The minimum Gasteiger partial charge on any atom is -0.256 e. The van der Waals surface area contributed by atoms with Gasteiger partial charge in [0.25, 0.3) is 0 Å². The Morgan fingerprint density at radius 2 is 0.633 bits per heavy atom. The summed E-state index contributed by atoms with van der Waals surface area (Å²) in [7, 11) is 0. The van der Waals surface area contributed by atoms with Crippen molar-refractivity contribution < 1.29 is 0 Å². The van der Waals surface area contributed by atoms with Gasteiger partial charge in [-0.2, -0.15) is 0 Å². The van der Waals surface area contributed by atoms with Crippen LogP contribution in [0.4, 0.5) is 0 Å². The molecule has 0 fully saturated rings. The maximum absolute atomic E-state index is 4.18. The number of benzene rings is 3. The Morgan fingerprint density at radius 1 is 0.300 bits per heavy atom. The maximum atomic E-state index is 4.18. The highest BCUT2D eigenvalue weighted by Gasteiger charge is 1.89. The van der Waals surface area contributed by atoms with Gasteiger partial charge in [-0.1, -0.05) is 60.7 Å². The fourth-order valence-corrected chi connectivity index (χ4v) is 2.94. The third kappa shape index (κ3) is 5.00. The van der Waals surface area contributed by atoms with Crippen LogP contribution in [0.2, 0.25) is 0 Å². The molecule has 4 nitrogen and oxygen atoms in total. The Kier molecular flexibility index (Phi) is 6.28. The van der Waals surface area contributed by atoms with Gasteiger partial charge in [0.05, 0.1) is 22.1 Å². The van der Waals surface area contributed by atoms with E-state index in [2.05, 4.69) is 44.2 Å². The van der Waals surface area contributed by atoms with E-state index in [4.69, 9.17) is 0 Å². The highest BCUT2D eigenvalue weighted by Crippen LogP contribution is 2.09. The number of aromatic nitrogens is 4. The lowest BCUT2D eigenvalue weighted by atomic mass is 10.2. The lowest BCUT2D eigenvalue weighted by Gasteiger charge is -1.91. The predicted octanol–water partition coefficient (Wildman–Crippen LogP) is 6.10.